The number of thiocarbonyl (C=S) groups is 1. The topological polar surface area (TPSA) is 39.9 Å². The summed E-state index contributed by atoms with van der Waals surface area (Å²) in [6, 6.07) is 20.5. The summed E-state index contributed by atoms with van der Waals surface area (Å²) in [6.45, 7) is 0. The van der Waals surface area contributed by atoms with E-state index >= 15 is 0 Å². The number of fused-ring (bicyclic) bond motifs is 1. The van der Waals surface area contributed by atoms with Gasteiger partial charge in [0.25, 0.3) is 0 Å². The van der Waals surface area contributed by atoms with Crippen molar-refractivity contribution >= 4 is 80.0 Å². The van der Waals surface area contributed by atoms with Gasteiger partial charge in [-0.25, -0.2) is 0 Å². The summed E-state index contributed by atoms with van der Waals surface area (Å²) < 4.78 is 0. The molecule has 140 valence electrons. The van der Waals surface area contributed by atoms with Crippen molar-refractivity contribution in [2.45, 2.75) is 0 Å². The van der Waals surface area contributed by atoms with E-state index in [4.69, 9.17) is 47.0 Å². The van der Waals surface area contributed by atoms with Gasteiger partial charge in [-0.05, 0) is 66.7 Å². The number of hydrogen-bond acceptors (Lipinski definition) is 2. The SMILES string of the molecule is S=C(Nc1ccc(Cl)cc1)c1[nH]c2ccc(Cl)cc2c1Nc1ccc(Cl)cc1. The number of aromatic amines is 1. The van der Waals surface area contributed by atoms with Crippen LogP contribution in [0.2, 0.25) is 15.1 Å². The third-order valence-electron chi connectivity index (χ3n) is 4.20. The van der Waals surface area contributed by atoms with Crippen molar-refractivity contribution in [3.8, 4) is 0 Å². The van der Waals surface area contributed by atoms with Gasteiger partial charge in [0.1, 0.15) is 4.99 Å². The number of H-pyrrole nitrogens is 1. The standard InChI is InChI=1S/C21H14Cl3N3S/c22-12-1-6-15(7-2-12)25-19-17-11-14(24)5-10-18(17)27-20(19)21(28)26-16-8-3-13(23)4-9-16/h1-11,25,27H,(H,26,28). The van der Waals surface area contributed by atoms with E-state index in [1.807, 2.05) is 66.7 Å². The fraction of sp³-hybridized carbons (Fsp3) is 0. The van der Waals surface area contributed by atoms with Crippen molar-refractivity contribution in [2.24, 2.45) is 0 Å². The molecule has 0 unspecified atom stereocenters. The van der Waals surface area contributed by atoms with E-state index in [0.29, 0.717) is 20.1 Å². The third kappa shape index (κ3) is 4.10. The van der Waals surface area contributed by atoms with E-state index in [2.05, 4.69) is 15.6 Å². The Morgan fingerprint density at radius 1 is 0.750 bits per heavy atom. The number of anilines is 3. The molecule has 7 heteroatoms. The molecule has 1 heterocycles. The second-order valence-electron chi connectivity index (χ2n) is 6.16. The summed E-state index contributed by atoms with van der Waals surface area (Å²) in [5.74, 6) is 0. The maximum Gasteiger partial charge on any atom is 0.129 e. The number of rotatable bonds is 4. The maximum absolute atomic E-state index is 6.23. The van der Waals surface area contributed by atoms with Crippen molar-refractivity contribution < 1.29 is 0 Å². The van der Waals surface area contributed by atoms with E-state index in [0.717, 1.165) is 33.7 Å². The summed E-state index contributed by atoms with van der Waals surface area (Å²) in [6.07, 6.45) is 0. The van der Waals surface area contributed by atoms with Crippen LogP contribution in [0.3, 0.4) is 0 Å². The van der Waals surface area contributed by atoms with Gasteiger partial charge in [0.2, 0.25) is 0 Å². The predicted octanol–water partition coefficient (Wildman–Crippen LogP) is 7.66. The first-order valence-corrected chi connectivity index (χ1v) is 9.94. The Hall–Kier alpha value is -2.24. The first-order valence-electron chi connectivity index (χ1n) is 8.40. The molecule has 0 saturated carbocycles. The molecule has 1 aromatic heterocycles. The van der Waals surface area contributed by atoms with Gasteiger partial charge in [0, 0.05) is 37.3 Å². The number of aromatic nitrogens is 1. The second kappa shape index (κ2) is 8.02. The zero-order valence-corrected chi connectivity index (χ0v) is 17.5. The van der Waals surface area contributed by atoms with Gasteiger partial charge in [-0.3, -0.25) is 0 Å². The Kier molecular flexibility index (Phi) is 5.47. The highest BCUT2D eigenvalue weighted by Gasteiger charge is 2.16. The number of halogens is 3. The Morgan fingerprint density at radius 2 is 1.32 bits per heavy atom. The largest absolute Gasteiger partial charge is 0.353 e. The van der Waals surface area contributed by atoms with Crippen molar-refractivity contribution in [3.63, 3.8) is 0 Å². The molecule has 0 aliphatic rings. The van der Waals surface area contributed by atoms with Crippen LogP contribution in [-0.2, 0) is 0 Å². The minimum Gasteiger partial charge on any atom is -0.353 e. The molecule has 0 atom stereocenters. The minimum absolute atomic E-state index is 0.547. The van der Waals surface area contributed by atoms with Gasteiger partial charge in [0.05, 0.1) is 11.4 Å². The maximum atomic E-state index is 6.23. The molecule has 0 radical (unpaired) electrons. The fourth-order valence-corrected chi connectivity index (χ4v) is 3.56. The Balaban J connectivity index is 1.74. The molecule has 4 aromatic rings. The lowest BCUT2D eigenvalue weighted by Crippen LogP contribution is -2.12. The molecule has 0 aliphatic carbocycles. The van der Waals surface area contributed by atoms with Gasteiger partial charge in [-0.15, -0.1) is 0 Å². The Labute approximate surface area is 182 Å². The third-order valence-corrected chi connectivity index (χ3v) is 5.25. The van der Waals surface area contributed by atoms with E-state index < -0.39 is 0 Å². The molecule has 3 N–H and O–H groups in total. The average molecular weight is 447 g/mol. The highest BCUT2D eigenvalue weighted by Crippen LogP contribution is 2.33. The molecule has 3 aromatic carbocycles. The van der Waals surface area contributed by atoms with Crippen LogP contribution in [0.4, 0.5) is 17.1 Å². The number of hydrogen-bond donors (Lipinski definition) is 3. The van der Waals surface area contributed by atoms with Crippen molar-refractivity contribution in [1.82, 2.24) is 4.98 Å². The summed E-state index contributed by atoms with van der Waals surface area (Å²) >= 11 is 23.9. The van der Waals surface area contributed by atoms with E-state index in [9.17, 15) is 0 Å². The highest BCUT2D eigenvalue weighted by molar-refractivity contribution is 7.81. The fourth-order valence-electron chi connectivity index (χ4n) is 2.87. The first kappa shape index (κ1) is 19.1. The smallest absolute Gasteiger partial charge is 0.129 e. The zero-order chi connectivity index (χ0) is 19.7. The lowest BCUT2D eigenvalue weighted by molar-refractivity contribution is 1.42. The van der Waals surface area contributed by atoms with Crippen LogP contribution >= 0.6 is 47.0 Å². The molecule has 28 heavy (non-hydrogen) atoms. The second-order valence-corrected chi connectivity index (χ2v) is 7.88. The van der Waals surface area contributed by atoms with Crippen LogP contribution in [0.1, 0.15) is 5.69 Å². The van der Waals surface area contributed by atoms with E-state index in [1.54, 1.807) is 0 Å². The molecule has 0 amide bonds. The lowest BCUT2D eigenvalue weighted by Gasteiger charge is -2.12. The molecule has 0 aliphatic heterocycles. The monoisotopic (exact) mass is 445 g/mol. The van der Waals surface area contributed by atoms with Gasteiger partial charge in [0.15, 0.2) is 0 Å². The molecular formula is C21H14Cl3N3S. The van der Waals surface area contributed by atoms with Crippen LogP contribution in [0.15, 0.2) is 66.7 Å². The van der Waals surface area contributed by atoms with Crippen LogP contribution in [0.25, 0.3) is 10.9 Å². The molecule has 0 fully saturated rings. The van der Waals surface area contributed by atoms with Crippen molar-refractivity contribution in [3.05, 3.63) is 87.5 Å². The quantitative estimate of drug-likeness (QED) is 0.282. The average Bonchev–Trinajstić information content (AvgIpc) is 3.03. The van der Waals surface area contributed by atoms with Gasteiger partial charge >= 0.3 is 0 Å². The van der Waals surface area contributed by atoms with Gasteiger partial charge in [-0.1, -0.05) is 47.0 Å². The molecule has 4 rings (SSSR count). The van der Waals surface area contributed by atoms with E-state index in [1.165, 1.54) is 0 Å². The normalized spacial score (nSPS) is 10.8. The van der Waals surface area contributed by atoms with Crippen LogP contribution < -0.4 is 10.6 Å². The predicted molar refractivity (Wildman–Crippen MR) is 125 cm³/mol. The molecule has 0 spiro atoms. The van der Waals surface area contributed by atoms with Crippen LogP contribution in [0, 0.1) is 0 Å². The summed E-state index contributed by atoms with van der Waals surface area (Å²) in [5, 5.41) is 9.60. The lowest BCUT2D eigenvalue weighted by atomic mass is 10.2. The van der Waals surface area contributed by atoms with Crippen molar-refractivity contribution in [1.29, 1.82) is 0 Å². The summed E-state index contributed by atoms with van der Waals surface area (Å²) in [5.41, 5.74) is 4.27. The summed E-state index contributed by atoms with van der Waals surface area (Å²) in [4.78, 5) is 3.92. The number of nitrogens with one attached hydrogen (secondary N) is 3. The van der Waals surface area contributed by atoms with Crippen LogP contribution in [0.5, 0.6) is 0 Å². The molecular weight excluding hydrogens is 433 g/mol. The summed E-state index contributed by atoms with van der Waals surface area (Å²) in [7, 11) is 0. The van der Waals surface area contributed by atoms with E-state index in [-0.39, 0.29) is 0 Å². The highest BCUT2D eigenvalue weighted by atomic mass is 35.5. The Bertz CT molecular complexity index is 1150. The minimum atomic E-state index is 0.547. The van der Waals surface area contributed by atoms with Crippen LogP contribution in [-0.4, -0.2) is 9.97 Å². The number of benzene rings is 3. The van der Waals surface area contributed by atoms with Gasteiger partial charge in [-0.2, -0.15) is 0 Å². The zero-order valence-electron chi connectivity index (χ0n) is 14.4. The van der Waals surface area contributed by atoms with Crippen molar-refractivity contribution in [2.75, 3.05) is 10.6 Å². The van der Waals surface area contributed by atoms with Gasteiger partial charge < -0.3 is 15.6 Å². The molecule has 3 nitrogen and oxygen atoms in total. The first-order chi connectivity index (χ1) is 13.5. The molecule has 0 bridgehead atoms. The Morgan fingerprint density at radius 3 is 1.96 bits per heavy atom. The molecule has 0 saturated heterocycles.